The molecule has 0 bridgehead atoms. The van der Waals surface area contributed by atoms with Crippen LogP contribution in [-0.2, 0) is 4.79 Å². The number of rotatable bonds is 4. The van der Waals surface area contributed by atoms with Gasteiger partial charge in [-0.15, -0.1) is 0 Å². The van der Waals surface area contributed by atoms with Gasteiger partial charge in [0.15, 0.2) is 0 Å². The maximum Gasteiger partial charge on any atom is 0.224 e. The van der Waals surface area contributed by atoms with Crippen molar-refractivity contribution < 1.29 is 4.79 Å². The zero-order valence-electron chi connectivity index (χ0n) is 10.1. The predicted molar refractivity (Wildman–Crippen MR) is 62.4 cm³/mol. The van der Waals surface area contributed by atoms with Crippen LogP contribution in [-0.4, -0.2) is 18.0 Å². The van der Waals surface area contributed by atoms with E-state index in [1.807, 2.05) is 0 Å². The van der Waals surface area contributed by atoms with Gasteiger partial charge in [-0.05, 0) is 25.2 Å². The van der Waals surface area contributed by atoms with Gasteiger partial charge in [0.2, 0.25) is 5.91 Å². The Bertz CT molecular complexity index is 216. The number of nitrogens with one attached hydrogen (secondary N) is 1. The van der Waals surface area contributed by atoms with E-state index in [9.17, 15) is 4.79 Å². The summed E-state index contributed by atoms with van der Waals surface area (Å²) in [5.41, 5.74) is 5.91. The van der Waals surface area contributed by atoms with E-state index in [1.165, 1.54) is 0 Å². The fraction of sp³-hybridized carbons (Fsp3) is 0.917. The summed E-state index contributed by atoms with van der Waals surface area (Å²) in [4.78, 5) is 11.9. The van der Waals surface area contributed by atoms with E-state index in [0.717, 1.165) is 25.7 Å². The number of hydrogen-bond acceptors (Lipinski definition) is 2. The third kappa shape index (κ3) is 3.20. The van der Waals surface area contributed by atoms with Crippen LogP contribution in [0, 0.1) is 11.8 Å². The van der Waals surface area contributed by atoms with E-state index in [2.05, 4.69) is 26.1 Å². The lowest BCUT2D eigenvalue weighted by Crippen LogP contribution is -2.45. The fourth-order valence-electron chi connectivity index (χ4n) is 2.34. The summed E-state index contributed by atoms with van der Waals surface area (Å²) in [6.07, 6.45) is 4.04. The Labute approximate surface area is 92.8 Å². The van der Waals surface area contributed by atoms with Crippen LogP contribution in [0.3, 0.4) is 0 Å². The van der Waals surface area contributed by atoms with E-state index in [0.29, 0.717) is 12.0 Å². The molecule has 1 amide bonds. The van der Waals surface area contributed by atoms with Crippen LogP contribution < -0.4 is 11.1 Å². The van der Waals surface area contributed by atoms with Crippen molar-refractivity contribution in [3.05, 3.63) is 0 Å². The first kappa shape index (κ1) is 12.5. The van der Waals surface area contributed by atoms with Crippen LogP contribution in [0.1, 0.15) is 46.5 Å². The lowest BCUT2D eigenvalue weighted by molar-refractivity contribution is -0.126. The molecule has 1 rings (SSSR count). The largest absolute Gasteiger partial charge is 0.353 e. The highest BCUT2D eigenvalue weighted by Crippen LogP contribution is 2.24. The molecule has 3 N–H and O–H groups in total. The van der Waals surface area contributed by atoms with E-state index in [1.54, 1.807) is 0 Å². The van der Waals surface area contributed by atoms with E-state index in [4.69, 9.17) is 5.73 Å². The second-order valence-electron chi connectivity index (χ2n) is 4.97. The molecular formula is C12H24N2O. The zero-order valence-corrected chi connectivity index (χ0v) is 10.1. The van der Waals surface area contributed by atoms with E-state index in [-0.39, 0.29) is 17.9 Å². The predicted octanol–water partition coefficient (Wildman–Crippen LogP) is 1.66. The smallest absolute Gasteiger partial charge is 0.224 e. The standard InChI is InChI=1S/C12H24N2O/c1-4-11(8(2)3)14-12(15)9-6-5-7-10(9)13/h8-11H,4-7,13H2,1-3H3,(H,14,15). The van der Waals surface area contributed by atoms with E-state index >= 15 is 0 Å². The van der Waals surface area contributed by atoms with Crippen molar-refractivity contribution in [3.63, 3.8) is 0 Å². The highest BCUT2D eigenvalue weighted by molar-refractivity contribution is 5.80. The van der Waals surface area contributed by atoms with Gasteiger partial charge in [0.1, 0.15) is 0 Å². The molecular weight excluding hydrogens is 188 g/mol. The Kier molecular flexibility index (Phi) is 4.58. The molecule has 1 fully saturated rings. The van der Waals surface area contributed by atoms with Gasteiger partial charge in [-0.1, -0.05) is 27.2 Å². The van der Waals surface area contributed by atoms with Gasteiger partial charge in [0.05, 0.1) is 5.92 Å². The number of carbonyl (C=O) groups is 1. The van der Waals surface area contributed by atoms with Crippen LogP contribution in [0.4, 0.5) is 0 Å². The summed E-state index contributed by atoms with van der Waals surface area (Å²) in [5, 5.41) is 3.12. The van der Waals surface area contributed by atoms with Crippen LogP contribution >= 0.6 is 0 Å². The molecule has 0 aromatic rings. The van der Waals surface area contributed by atoms with Gasteiger partial charge in [-0.25, -0.2) is 0 Å². The van der Waals surface area contributed by atoms with Gasteiger partial charge >= 0.3 is 0 Å². The first-order valence-corrected chi connectivity index (χ1v) is 6.12. The van der Waals surface area contributed by atoms with Crippen LogP contribution in [0.5, 0.6) is 0 Å². The van der Waals surface area contributed by atoms with Crippen molar-refractivity contribution in [1.29, 1.82) is 0 Å². The monoisotopic (exact) mass is 212 g/mol. The quantitative estimate of drug-likeness (QED) is 0.744. The van der Waals surface area contributed by atoms with Crippen molar-refractivity contribution in [2.45, 2.75) is 58.5 Å². The van der Waals surface area contributed by atoms with Crippen molar-refractivity contribution in [3.8, 4) is 0 Å². The highest BCUT2D eigenvalue weighted by Gasteiger charge is 2.31. The van der Waals surface area contributed by atoms with Gasteiger partial charge < -0.3 is 11.1 Å². The third-order valence-electron chi connectivity index (χ3n) is 3.48. The van der Waals surface area contributed by atoms with Crippen molar-refractivity contribution in [2.24, 2.45) is 17.6 Å². The molecule has 0 spiro atoms. The minimum atomic E-state index is 0.0535. The Balaban J connectivity index is 2.46. The third-order valence-corrected chi connectivity index (χ3v) is 3.48. The summed E-state index contributed by atoms with van der Waals surface area (Å²) in [7, 11) is 0. The topological polar surface area (TPSA) is 55.1 Å². The minimum absolute atomic E-state index is 0.0535. The number of carbonyl (C=O) groups excluding carboxylic acids is 1. The van der Waals surface area contributed by atoms with E-state index < -0.39 is 0 Å². The summed E-state index contributed by atoms with van der Waals surface area (Å²) in [6, 6.07) is 0.375. The summed E-state index contributed by atoms with van der Waals surface area (Å²) >= 11 is 0. The molecule has 0 aromatic carbocycles. The first-order chi connectivity index (χ1) is 7.06. The molecule has 3 heteroatoms. The molecule has 3 atom stereocenters. The van der Waals surface area contributed by atoms with Crippen LogP contribution in [0.2, 0.25) is 0 Å². The van der Waals surface area contributed by atoms with Crippen LogP contribution in [0.15, 0.2) is 0 Å². The van der Waals surface area contributed by atoms with Gasteiger partial charge in [0.25, 0.3) is 0 Å². The number of nitrogens with two attached hydrogens (primary N) is 1. The molecule has 1 saturated carbocycles. The SMILES string of the molecule is CCC(NC(=O)C1CCCC1N)C(C)C. The summed E-state index contributed by atoms with van der Waals surface area (Å²) in [5.74, 6) is 0.718. The number of hydrogen-bond donors (Lipinski definition) is 2. The summed E-state index contributed by atoms with van der Waals surface area (Å²) in [6.45, 7) is 6.39. The van der Waals surface area contributed by atoms with Gasteiger partial charge in [-0.3, -0.25) is 4.79 Å². The second kappa shape index (κ2) is 5.50. The first-order valence-electron chi connectivity index (χ1n) is 6.12. The molecule has 15 heavy (non-hydrogen) atoms. The average Bonchev–Trinajstić information content (AvgIpc) is 2.60. The van der Waals surface area contributed by atoms with Gasteiger partial charge in [-0.2, -0.15) is 0 Å². The molecule has 3 unspecified atom stereocenters. The maximum absolute atomic E-state index is 11.9. The molecule has 1 aliphatic carbocycles. The number of amides is 1. The Morgan fingerprint density at radius 1 is 1.47 bits per heavy atom. The Hall–Kier alpha value is -0.570. The molecule has 0 heterocycles. The minimum Gasteiger partial charge on any atom is -0.353 e. The lowest BCUT2D eigenvalue weighted by atomic mass is 9.98. The maximum atomic E-state index is 11.9. The van der Waals surface area contributed by atoms with Crippen molar-refractivity contribution >= 4 is 5.91 Å². The zero-order chi connectivity index (χ0) is 11.4. The Morgan fingerprint density at radius 3 is 2.53 bits per heavy atom. The average molecular weight is 212 g/mol. The molecule has 0 saturated heterocycles. The van der Waals surface area contributed by atoms with Crippen molar-refractivity contribution in [2.75, 3.05) is 0 Å². The molecule has 0 radical (unpaired) electrons. The molecule has 0 aliphatic heterocycles. The highest BCUT2D eigenvalue weighted by atomic mass is 16.2. The van der Waals surface area contributed by atoms with Crippen molar-refractivity contribution in [1.82, 2.24) is 5.32 Å². The second-order valence-corrected chi connectivity index (χ2v) is 4.97. The molecule has 1 aliphatic rings. The lowest BCUT2D eigenvalue weighted by Gasteiger charge is -2.24. The van der Waals surface area contributed by atoms with Gasteiger partial charge in [0, 0.05) is 12.1 Å². The fourth-order valence-corrected chi connectivity index (χ4v) is 2.34. The molecule has 0 aromatic heterocycles. The normalized spacial score (nSPS) is 28.1. The van der Waals surface area contributed by atoms with Crippen LogP contribution in [0.25, 0.3) is 0 Å². The molecule has 3 nitrogen and oxygen atoms in total. The Morgan fingerprint density at radius 2 is 2.13 bits per heavy atom. The summed E-state index contributed by atoms with van der Waals surface area (Å²) < 4.78 is 0. The molecule has 88 valence electrons.